The minimum Gasteiger partial charge on any atom is -0.360 e. The Balaban J connectivity index is 3.54. The fraction of sp³-hybridized carbons (Fsp3) is 1.00. The molecule has 0 aliphatic rings. The fourth-order valence-electron chi connectivity index (χ4n) is 0.692. The summed E-state index contributed by atoms with van der Waals surface area (Å²) < 4.78 is 33.4. The summed E-state index contributed by atoms with van der Waals surface area (Å²) in [6.07, 6.45) is 1.63. The summed E-state index contributed by atoms with van der Waals surface area (Å²) >= 11 is 0. The van der Waals surface area contributed by atoms with Crippen molar-refractivity contribution >= 4 is 10.1 Å². The normalized spacial score (nSPS) is 14.8. The third-order valence-electron chi connectivity index (χ3n) is 1.20. The molecule has 0 saturated carbocycles. The topological polar surface area (TPSA) is 63.6 Å². The first-order valence-electron chi connectivity index (χ1n) is 3.52. The van der Waals surface area contributed by atoms with Crippen molar-refractivity contribution in [1.82, 2.24) is 0 Å². The highest BCUT2D eigenvalue weighted by molar-refractivity contribution is 7.85. The van der Waals surface area contributed by atoms with Crippen LogP contribution in [0, 0.1) is 0 Å². The SMILES string of the molecule is CCCC(C)OCS(=O)(=O)O. The first-order chi connectivity index (χ1) is 4.95. The van der Waals surface area contributed by atoms with Crippen LogP contribution in [0.5, 0.6) is 0 Å². The van der Waals surface area contributed by atoms with Crippen LogP contribution < -0.4 is 0 Å². The average Bonchev–Trinajstić information content (AvgIpc) is 1.83. The van der Waals surface area contributed by atoms with Crippen molar-refractivity contribution in [3.63, 3.8) is 0 Å². The Kier molecular flexibility index (Phi) is 4.63. The van der Waals surface area contributed by atoms with Crippen molar-refractivity contribution < 1.29 is 17.7 Å². The molecule has 0 rings (SSSR count). The Bertz CT molecular complexity index is 185. The van der Waals surface area contributed by atoms with Gasteiger partial charge in [0.15, 0.2) is 5.94 Å². The van der Waals surface area contributed by atoms with Crippen molar-refractivity contribution in [3.05, 3.63) is 0 Å². The van der Waals surface area contributed by atoms with E-state index in [-0.39, 0.29) is 6.10 Å². The summed E-state index contributed by atoms with van der Waals surface area (Å²) in [6, 6.07) is 0. The summed E-state index contributed by atoms with van der Waals surface area (Å²) in [5.41, 5.74) is 0. The molecule has 1 atom stereocenters. The Morgan fingerprint density at radius 2 is 2.09 bits per heavy atom. The lowest BCUT2D eigenvalue weighted by Crippen LogP contribution is -2.15. The van der Waals surface area contributed by atoms with Gasteiger partial charge < -0.3 is 4.74 Å². The second-order valence-electron chi connectivity index (χ2n) is 2.47. The minimum atomic E-state index is -3.96. The van der Waals surface area contributed by atoms with Crippen LogP contribution in [0.25, 0.3) is 0 Å². The Morgan fingerprint density at radius 1 is 1.55 bits per heavy atom. The van der Waals surface area contributed by atoms with Crippen LogP contribution in [-0.4, -0.2) is 25.0 Å². The molecule has 11 heavy (non-hydrogen) atoms. The van der Waals surface area contributed by atoms with Crippen LogP contribution in [0.2, 0.25) is 0 Å². The summed E-state index contributed by atoms with van der Waals surface area (Å²) in [5, 5.41) is 0. The largest absolute Gasteiger partial charge is 0.360 e. The van der Waals surface area contributed by atoms with Gasteiger partial charge >= 0.3 is 0 Å². The van der Waals surface area contributed by atoms with E-state index in [1.165, 1.54) is 0 Å². The van der Waals surface area contributed by atoms with E-state index in [2.05, 4.69) is 0 Å². The van der Waals surface area contributed by atoms with E-state index in [0.717, 1.165) is 12.8 Å². The van der Waals surface area contributed by atoms with E-state index in [9.17, 15) is 8.42 Å². The van der Waals surface area contributed by atoms with Gasteiger partial charge in [-0.05, 0) is 13.3 Å². The molecule has 0 spiro atoms. The molecule has 0 heterocycles. The number of rotatable bonds is 5. The van der Waals surface area contributed by atoms with Crippen molar-refractivity contribution in [2.45, 2.75) is 32.8 Å². The van der Waals surface area contributed by atoms with E-state index in [1.54, 1.807) is 6.92 Å². The Hall–Kier alpha value is -0.130. The van der Waals surface area contributed by atoms with Crippen molar-refractivity contribution in [2.75, 3.05) is 5.94 Å². The Labute approximate surface area is 67.3 Å². The molecule has 0 aliphatic heterocycles. The standard InChI is InChI=1S/C6H14O4S/c1-3-4-6(2)10-5-11(7,8)9/h6H,3-5H2,1-2H3,(H,7,8,9). The van der Waals surface area contributed by atoms with E-state index in [1.807, 2.05) is 6.92 Å². The highest BCUT2D eigenvalue weighted by atomic mass is 32.2. The highest BCUT2D eigenvalue weighted by Gasteiger charge is 2.07. The third kappa shape index (κ3) is 7.77. The van der Waals surface area contributed by atoms with Gasteiger partial charge in [-0.3, -0.25) is 4.55 Å². The van der Waals surface area contributed by atoms with Crippen LogP contribution in [0.1, 0.15) is 26.7 Å². The first-order valence-corrected chi connectivity index (χ1v) is 5.13. The first kappa shape index (κ1) is 10.9. The second kappa shape index (κ2) is 4.69. The summed E-state index contributed by atoms with van der Waals surface area (Å²) in [7, 11) is -3.96. The molecular weight excluding hydrogens is 168 g/mol. The third-order valence-corrected chi connectivity index (χ3v) is 1.63. The molecule has 0 bridgehead atoms. The van der Waals surface area contributed by atoms with Gasteiger partial charge in [-0.1, -0.05) is 13.3 Å². The van der Waals surface area contributed by atoms with Crippen molar-refractivity contribution in [3.8, 4) is 0 Å². The lowest BCUT2D eigenvalue weighted by molar-refractivity contribution is 0.0895. The van der Waals surface area contributed by atoms with Gasteiger partial charge in [0, 0.05) is 0 Å². The second-order valence-corrected chi connectivity index (χ2v) is 3.87. The van der Waals surface area contributed by atoms with Gasteiger partial charge in [-0.15, -0.1) is 0 Å². The van der Waals surface area contributed by atoms with Crippen molar-refractivity contribution in [2.24, 2.45) is 0 Å². The highest BCUT2D eigenvalue weighted by Crippen LogP contribution is 2.01. The number of ether oxygens (including phenoxy) is 1. The molecule has 0 saturated heterocycles. The zero-order valence-electron chi connectivity index (χ0n) is 6.78. The van der Waals surface area contributed by atoms with Gasteiger partial charge in [0.2, 0.25) is 0 Å². The molecule has 0 aromatic heterocycles. The maximum atomic E-state index is 10.2. The molecule has 0 aliphatic carbocycles. The van der Waals surface area contributed by atoms with E-state index < -0.39 is 16.1 Å². The summed E-state index contributed by atoms with van der Waals surface area (Å²) in [6.45, 7) is 3.75. The van der Waals surface area contributed by atoms with Gasteiger partial charge in [-0.2, -0.15) is 8.42 Å². The zero-order chi connectivity index (χ0) is 8.91. The van der Waals surface area contributed by atoms with Gasteiger partial charge in [-0.25, -0.2) is 0 Å². The lowest BCUT2D eigenvalue weighted by Gasteiger charge is -2.09. The molecule has 1 N–H and O–H groups in total. The smallest absolute Gasteiger partial charge is 0.289 e. The Morgan fingerprint density at radius 3 is 2.45 bits per heavy atom. The average molecular weight is 182 g/mol. The van der Waals surface area contributed by atoms with Gasteiger partial charge in [0.05, 0.1) is 6.10 Å². The summed E-state index contributed by atoms with van der Waals surface area (Å²) in [4.78, 5) is 0. The fourth-order valence-corrected chi connectivity index (χ4v) is 1.10. The molecule has 68 valence electrons. The molecule has 0 aromatic rings. The molecule has 1 unspecified atom stereocenters. The molecular formula is C6H14O4S. The van der Waals surface area contributed by atoms with E-state index in [4.69, 9.17) is 9.29 Å². The van der Waals surface area contributed by atoms with Crippen LogP contribution >= 0.6 is 0 Å². The predicted molar refractivity (Wildman–Crippen MR) is 41.9 cm³/mol. The molecule has 5 heteroatoms. The van der Waals surface area contributed by atoms with Crippen LogP contribution in [-0.2, 0) is 14.9 Å². The van der Waals surface area contributed by atoms with Crippen LogP contribution in [0.15, 0.2) is 0 Å². The molecule has 0 aromatic carbocycles. The quantitative estimate of drug-likeness (QED) is 0.645. The van der Waals surface area contributed by atoms with Gasteiger partial charge in [0.25, 0.3) is 10.1 Å². The number of hydrogen-bond acceptors (Lipinski definition) is 3. The monoisotopic (exact) mass is 182 g/mol. The molecule has 0 radical (unpaired) electrons. The molecule has 0 amide bonds. The zero-order valence-corrected chi connectivity index (χ0v) is 7.60. The van der Waals surface area contributed by atoms with Crippen LogP contribution in [0.4, 0.5) is 0 Å². The maximum absolute atomic E-state index is 10.2. The van der Waals surface area contributed by atoms with E-state index in [0.29, 0.717) is 0 Å². The van der Waals surface area contributed by atoms with Crippen LogP contribution in [0.3, 0.4) is 0 Å². The maximum Gasteiger partial charge on any atom is 0.289 e. The minimum absolute atomic E-state index is 0.109. The molecule has 0 fully saturated rings. The predicted octanol–water partition coefficient (Wildman–Crippen LogP) is 1.04. The molecule has 4 nitrogen and oxygen atoms in total. The lowest BCUT2D eigenvalue weighted by atomic mass is 10.2. The summed E-state index contributed by atoms with van der Waals surface area (Å²) in [5.74, 6) is -0.603. The van der Waals surface area contributed by atoms with Crippen molar-refractivity contribution in [1.29, 1.82) is 0 Å². The number of hydrogen-bond donors (Lipinski definition) is 1. The van der Waals surface area contributed by atoms with E-state index >= 15 is 0 Å². The van der Waals surface area contributed by atoms with Gasteiger partial charge in [0.1, 0.15) is 0 Å².